The monoisotopic (exact) mass is 412 g/mol. The second-order valence-corrected chi connectivity index (χ2v) is 7.13. The van der Waals surface area contributed by atoms with Gasteiger partial charge in [-0.15, -0.1) is 0 Å². The van der Waals surface area contributed by atoms with Gasteiger partial charge < -0.3 is 10.6 Å². The quantitative estimate of drug-likeness (QED) is 0.365. The second kappa shape index (κ2) is 11.6. The zero-order valence-corrected chi connectivity index (χ0v) is 17.4. The van der Waals surface area contributed by atoms with Crippen molar-refractivity contribution in [3.8, 4) is 0 Å². The smallest absolute Gasteiger partial charge is 0.255 e. The fraction of sp³-hybridized carbons (Fsp3) is 0.409. The first-order valence-electron chi connectivity index (χ1n) is 10.1. The molecule has 2 rings (SSSR count). The summed E-state index contributed by atoms with van der Waals surface area (Å²) in [4.78, 5) is 48.2. The molecule has 0 spiro atoms. The van der Waals surface area contributed by atoms with Crippen molar-refractivity contribution < 1.29 is 19.2 Å². The zero-order chi connectivity index (χ0) is 21.9. The van der Waals surface area contributed by atoms with E-state index in [0.717, 1.165) is 12.8 Å². The summed E-state index contributed by atoms with van der Waals surface area (Å²) in [5, 5.41) is 11.8. The Bertz CT molecular complexity index is 877. The molecule has 0 aliphatic rings. The predicted octanol–water partition coefficient (Wildman–Crippen LogP) is 3.28. The Balaban J connectivity index is 2.00. The molecule has 0 saturated carbocycles. The van der Waals surface area contributed by atoms with Gasteiger partial charge in [0, 0.05) is 30.3 Å². The van der Waals surface area contributed by atoms with Crippen LogP contribution < -0.4 is 10.6 Å². The SMILES string of the molecule is CCC(=O)CCCCCC(NC(=O)c1cn[nH]c1)C(=O)Nc1cccc(C(C)=O)c1. The summed E-state index contributed by atoms with van der Waals surface area (Å²) in [5.41, 5.74) is 1.32. The van der Waals surface area contributed by atoms with Crippen LogP contribution in [0.3, 0.4) is 0 Å². The first-order valence-corrected chi connectivity index (χ1v) is 10.1. The van der Waals surface area contributed by atoms with Crippen molar-refractivity contribution in [3.05, 3.63) is 47.8 Å². The minimum atomic E-state index is -0.754. The maximum atomic E-state index is 12.8. The minimum Gasteiger partial charge on any atom is -0.340 e. The molecule has 30 heavy (non-hydrogen) atoms. The highest BCUT2D eigenvalue weighted by molar-refractivity contribution is 6.02. The van der Waals surface area contributed by atoms with Gasteiger partial charge in [0.2, 0.25) is 5.91 Å². The van der Waals surface area contributed by atoms with Gasteiger partial charge in [0.15, 0.2) is 5.78 Å². The topological polar surface area (TPSA) is 121 Å². The summed E-state index contributed by atoms with van der Waals surface area (Å²) in [6.45, 7) is 3.30. The number of anilines is 1. The van der Waals surface area contributed by atoms with E-state index in [9.17, 15) is 19.2 Å². The van der Waals surface area contributed by atoms with Gasteiger partial charge in [-0.1, -0.05) is 31.9 Å². The van der Waals surface area contributed by atoms with E-state index in [0.29, 0.717) is 42.5 Å². The summed E-state index contributed by atoms with van der Waals surface area (Å²) in [5.74, 6) is -0.639. The molecule has 0 fully saturated rings. The van der Waals surface area contributed by atoms with Gasteiger partial charge in [0.1, 0.15) is 11.8 Å². The van der Waals surface area contributed by atoms with Crippen LogP contribution in [-0.4, -0.2) is 39.6 Å². The van der Waals surface area contributed by atoms with Crippen LogP contribution in [0.15, 0.2) is 36.7 Å². The van der Waals surface area contributed by atoms with Gasteiger partial charge >= 0.3 is 0 Å². The van der Waals surface area contributed by atoms with E-state index in [-0.39, 0.29) is 17.5 Å². The van der Waals surface area contributed by atoms with Gasteiger partial charge in [-0.2, -0.15) is 5.10 Å². The summed E-state index contributed by atoms with van der Waals surface area (Å²) >= 11 is 0. The van der Waals surface area contributed by atoms with Crippen molar-refractivity contribution >= 4 is 29.1 Å². The Morgan fingerprint density at radius 2 is 1.90 bits per heavy atom. The molecule has 3 N–H and O–H groups in total. The number of unbranched alkanes of at least 4 members (excludes halogenated alkanes) is 2. The summed E-state index contributed by atoms with van der Waals surface area (Å²) < 4.78 is 0. The lowest BCUT2D eigenvalue weighted by atomic mass is 10.0. The van der Waals surface area contributed by atoms with Gasteiger partial charge in [-0.3, -0.25) is 24.3 Å². The van der Waals surface area contributed by atoms with Crippen LogP contribution in [0.1, 0.15) is 73.1 Å². The average Bonchev–Trinajstić information content (AvgIpc) is 3.27. The maximum Gasteiger partial charge on any atom is 0.255 e. The normalized spacial score (nSPS) is 11.5. The number of amides is 2. The van der Waals surface area contributed by atoms with Gasteiger partial charge in [0.05, 0.1) is 11.8 Å². The highest BCUT2D eigenvalue weighted by Gasteiger charge is 2.22. The number of aromatic nitrogens is 2. The number of ketones is 2. The molecule has 2 amide bonds. The number of aromatic amines is 1. The molecule has 8 nitrogen and oxygen atoms in total. The van der Waals surface area contributed by atoms with E-state index in [4.69, 9.17) is 0 Å². The molecular weight excluding hydrogens is 384 g/mol. The molecule has 8 heteroatoms. The molecule has 1 aromatic heterocycles. The van der Waals surface area contributed by atoms with E-state index in [1.54, 1.807) is 24.3 Å². The number of nitrogens with zero attached hydrogens (tertiary/aromatic N) is 1. The van der Waals surface area contributed by atoms with Crippen molar-refractivity contribution in [2.24, 2.45) is 0 Å². The maximum absolute atomic E-state index is 12.8. The van der Waals surface area contributed by atoms with Crippen molar-refractivity contribution in [3.63, 3.8) is 0 Å². The number of carbonyl (C=O) groups is 4. The van der Waals surface area contributed by atoms with Crippen LogP contribution in [-0.2, 0) is 9.59 Å². The Hall–Kier alpha value is -3.29. The number of carbonyl (C=O) groups excluding carboxylic acids is 4. The molecule has 0 radical (unpaired) electrons. The predicted molar refractivity (Wildman–Crippen MR) is 113 cm³/mol. The Morgan fingerprint density at radius 3 is 2.57 bits per heavy atom. The van der Waals surface area contributed by atoms with E-state index >= 15 is 0 Å². The van der Waals surface area contributed by atoms with Gasteiger partial charge in [-0.25, -0.2) is 0 Å². The van der Waals surface area contributed by atoms with E-state index in [1.807, 2.05) is 6.92 Å². The van der Waals surface area contributed by atoms with E-state index < -0.39 is 11.9 Å². The van der Waals surface area contributed by atoms with Crippen LogP contribution in [0.25, 0.3) is 0 Å². The Kier molecular flexibility index (Phi) is 8.93. The Labute approximate surface area is 175 Å². The van der Waals surface area contributed by atoms with Crippen molar-refractivity contribution in [1.82, 2.24) is 15.5 Å². The number of hydrogen-bond acceptors (Lipinski definition) is 5. The van der Waals surface area contributed by atoms with Crippen molar-refractivity contribution in [2.75, 3.05) is 5.32 Å². The molecule has 0 saturated heterocycles. The minimum absolute atomic E-state index is 0.0995. The highest BCUT2D eigenvalue weighted by Crippen LogP contribution is 2.14. The van der Waals surface area contributed by atoms with Gasteiger partial charge in [-0.05, 0) is 31.9 Å². The zero-order valence-electron chi connectivity index (χ0n) is 17.4. The lowest BCUT2D eigenvalue weighted by Crippen LogP contribution is -2.43. The highest BCUT2D eigenvalue weighted by atomic mass is 16.2. The fourth-order valence-electron chi connectivity index (χ4n) is 2.95. The molecular formula is C22H28N4O4. The fourth-order valence-corrected chi connectivity index (χ4v) is 2.95. The summed E-state index contributed by atoms with van der Waals surface area (Å²) in [7, 11) is 0. The third-order valence-corrected chi connectivity index (χ3v) is 4.76. The average molecular weight is 412 g/mol. The lowest BCUT2D eigenvalue weighted by Gasteiger charge is -2.18. The number of rotatable bonds is 12. The van der Waals surface area contributed by atoms with E-state index in [1.165, 1.54) is 19.3 Å². The molecule has 1 unspecified atom stereocenters. The third-order valence-electron chi connectivity index (χ3n) is 4.76. The molecule has 0 aliphatic carbocycles. The molecule has 1 aromatic carbocycles. The van der Waals surface area contributed by atoms with E-state index in [2.05, 4.69) is 20.8 Å². The van der Waals surface area contributed by atoms with Crippen LogP contribution in [0.4, 0.5) is 5.69 Å². The standard InChI is InChI=1S/C22H28N4O4/c1-3-19(28)10-5-4-6-11-20(26-21(29)17-13-23-24-14-17)22(30)25-18-9-7-8-16(12-18)15(2)27/h7-9,12-14,20H,3-6,10-11H2,1-2H3,(H,23,24)(H,25,30)(H,26,29). The molecule has 1 atom stereocenters. The summed E-state index contributed by atoms with van der Waals surface area (Å²) in [6.07, 6.45) is 6.58. The van der Waals surface area contributed by atoms with Crippen LogP contribution in [0.5, 0.6) is 0 Å². The molecule has 160 valence electrons. The van der Waals surface area contributed by atoms with Crippen LogP contribution in [0, 0.1) is 0 Å². The number of Topliss-reactive ketones (excluding diaryl/α,β-unsaturated/α-hetero) is 2. The first-order chi connectivity index (χ1) is 14.4. The van der Waals surface area contributed by atoms with Gasteiger partial charge in [0.25, 0.3) is 5.91 Å². The number of nitrogens with one attached hydrogen (secondary N) is 3. The lowest BCUT2D eigenvalue weighted by molar-refractivity contribution is -0.119. The van der Waals surface area contributed by atoms with Crippen LogP contribution in [0.2, 0.25) is 0 Å². The third kappa shape index (κ3) is 7.27. The first kappa shape index (κ1) is 23.0. The van der Waals surface area contributed by atoms with Crippen molar-refractivity contribution in [2.45, 2.75) is 58.4 Å². The number of hydrogen-bond donors (Lipinski definition) is 3. The largest absolute Gasteiger partial charge is 0.340 e. The second-order valence-electron chi connectivity index (χ2n) is 7.13. The number of H-pyrrole nitrogens is 1. The molecule has 1 heterocycles. The number of benzene rings is 1. The van der Waals surface area contributed by atoms with Crippen LogP contribution >= 0.6 is 0 Å². The van der Waals surface area contributed by atoms with Crippen molar-refractivity contribution in [1.29, 1.82) is 0 Å². The summed E-state index contributed by atoms with van der Waals surface area (Å²) in [6, 6.07) is 5.90. The molecule has 0 aliphatic heterocycles. The molecule has 0 bridgehead atoms. The molecule has 2 aromatic rings. The Morgan fingerprint density at radius 1 is 1.10 bits per heavy atom.